The van der Waals surface area contributed by atoms with E-state index in [9.17, 15) is 22.8 Å². The molecule has 0 aliphatic carbocycles. The third-order valence-corrected chi connectivity index (χ3v) is 4.32. The maximum Gasteiger partial charge on any atom is 0.417 e. The maximum absolute atomic E-state index is 13.0. The molecular formula is C20H18F3NO5. The number of amides is 1. The number of alkyl halides is 3. The number of carbonyl (C=O) groups is 2. The van der Waals surface area contributed by atoms with Crippen molar-refractivity contribution >= 4 is 11.9 Å². The zero-order chi connectivity index (χ0) is 21.0. The summed E-state index contributed by atoms with van der Waals surface area (Å²) in [6.45, 7) is 1.76. The van der Waals surface area contributed by atoms with Crippen LogP contribution in [0.15, 0.2) is 42.5 Å². The predicted molar refractivity (Wildman–Crippen MR) is 95.4 cm³/mol. The van der Waals surface area contributed by atoms with Gasteiger partial charge < -0.3 is 19.1 Å². The van der Waals surface area contributed by atoms with Gasteiger partial charge in [-0.05, 0) is 36.8 Å². The summed E-state index contributed by atoms with van der Waals surface area (Å²) in [5.41, 5.74) is -0.963. The Balaban J connectivity index is 1.63. The molecular weight excluding hydrogens is 391 g/mol. The van der Waals surface area contributed by atoms with Gasteiger partial charge in [0.15, 0.2) is 18.1 Å². The summed E-state index contributed by atoms with van der Waals surface area (Å²) in [5, 5.41) is 0. The number of ether oxygens (including phenoxy) is 3. The summed E-state index contributed by atoms with van der Waals surface area (Å²) in [4.78, 5) is 25.9. The number of rotatable bonds is 6. The Morgan fingerprint density at radius 1 is 1.10 bits per heavy atom. The molecule has 154 valence electrons. The van der Waals surface area contributed by atoms with Crippen LogP contribution < -0.4 is 9.47 Å². The molecule has 0 unspecified atom stereocenters. The number of hydrogen-bond donors (Lipinski definition) is 0. The van der Waals surface area contributed by atoms with Crippen LogP contribution >= 0.6 is 0 Å². The number of hydrogen-bond acceptors (Lipinski definition) is 5. The van der Waals surface area contributed by atoms with E-state index in [4.69, 9.17) is 14.2 Å². The van der Waals surface area contributed by atoms with Crippen molar-refractivity contribution in [3.05, 3.63) is 59.2 Å². The summed E-state index contributed by atoms with van der Waals surface area (Å²) in [6, 6.07) is 9.51. The molecule has 0 saturated heterocycles. The van der Waals surface area contributed by atoms with Crippen molar-refractivity contribution in [3.63, 3.8) is 0 Å². The van der Waals surface area contributed by atoms with Crippen LogP contribution in [0.2, 0.25) is 0 Å². The maximum atomic E-state index is 13.0. The standard InChI is InChI=1S/C20H18F3NO5/c1-2-24(10-13-7-8-16-17(9-13)29-12-28-16)18(25)11-27-19(26)14-5-3-4-6-15(14)20(21,22)23/h3-9H,2,10-12H2,1H3. The summed E-state index contributed by atoms with van der Waals surface area (Å²) in [5.74, 6) is -0.546. The molecule has 1 heterocycles. The minimum Gasteiger partial charge on any atom is -0.454 e. The van der Waals surface area contributed by atoms with Gasteiger partial charge in [-0.3, -0.25) is 4.79 Å². The van der Waals surface area contributed by atoms with Crippen molar-refractivity contribution in [2.75, 3.05) is 19.9 Å². The van der Waals surface area contributed by atoms with Crippen molar-refractivity contribution in [1.82, 2.24) is 4.90 Å². The van der Waals surface area contributed by atoms with Crippen LogP contribution in [0.25, 0.3) is 0 Å². The zero-order valence-electron chi connectivity index (χ0n) is 15.5. The Morgan fingerprint density at radius 3 is 2.55 bits per heavy atom. The summed E-state index contributed by atoms with van der Waals surface area (Å²) in [7, 11) is 0. The van der Waals surface area contributed by atoms with E-state index in [1.165, 1.54) is 17.0 Å². The van der Waals surface area contributed by atoms with E-state index in [0.29, 0.717) is 18.0 Å². The van der Waals surface area contributed by atoms with Gasteiger partial charge in [0.05, 0.1) is 11.1 Å². The molecule has 3 rings (SSSR count). The van der Waals surface area contributed by atoms with E-state index in [2.05, 4.69) is 0 Å². The lowest BCUT2D eigenvalue weighted by Crippen LogP contribution is -2.34. The zero-order valence-corrected chi connectivity index (χ0v) is 15.5. The van der Waals surface area contributed by atoms with Crippen LogP contribution in [0.1, 0.15) is 28.4 Å². The summed E-state index contributed by atoms with van der Waals surface area (Å²) >= 11 is 0. The highest BCUT2D eigenvalue weighted by molar-refractivity contribution is 5.93. The molecule has 1 aliphatic heterocycles. The lowest BCUT2D eigenvalue weighted by Gasteiger charge is -2.21. The molecule has 0 bridgehead atoms. The fourth-order valence-electron chi connectivity index (χ4n) is 2.84. The van der Waals surface area contributed by atoms with Crippen molar-refractivity contribution in [2.45, 2.75) is 19.6 Å². The van der Waals surface area contributed by atoms with Gasteiger partial charge in [0.2, 0.25) is 6.79 Å². The van der Waals surface area contributed by atoms with Crippen LogP contribution in [-0.4, -0.2) is 36.7 Å². The van der Waals surface area contributed by atoms with E-state index in [1.54, 1.807) is 25.1 Å². The fraction of sp³-hybridized carbons (Fsp3) is 0.300. The van der Waals surface area contributed by atoms with E-state index < -0.39 is 35.8 Å². The van der Waals surface area contributed by atoms with Crippen LogP contribution in [0.4, 0.5) is 13.2 Å². The molecule has 29 heavy (non-hydrogen) atoms. The highest BCUT2D eigenvalue weighted by Gasteiger charge is 2.35. The van der Waals surface area contributed by atoms with Crippen molar-refractivity contribution < 1.29 is 37.0 Å². The molecule has 0 fully saturated rings. The highest BCUT2D eigenvalue weighted by Crippen LogP contribution is 2.33. The third-order valence-electron chi connectivity index (χ3n) is 4.32. The minimum atomic E-state index is -4.70. The average Bonchev–Trinajstić information content (AvgIpc) is 3.17. The SMILES string of the molecule is CCN(Cc1ccc2c(c1)OCO2)C(=O)COC(=O)c1ccccc1C(F)(F)F. The van der Waals surface area contributed by atoms with Gasteiger partial charge >= 0.3 is 12.1 Å². The second-order valence-electron chi connectivity index (χ2n) is 6.22. The first-order valence-corrected chi connectivity index (χ1v) is 8.79. The van der Waals surface area contributed by atoms with Gasteiger partial charge in [0.25, 0.3) is 5.91 Å². The lowest BCUT2D eigenvalue weighted by molar-refractivity contribution is -0.138. The summed E-state index contributed by atoms with van der Waals surface area (Å²) in [6.07, 6.45) is -4.70. The molecule has 1 amide bonds. The molecule has 0 spiro atoms. The van der Waals surface area contributed by atoms with Crippen molar-refractivity contribution in [3.8, 4) is 11.5 Å². The first kappa shape index (κ1) is 20.5. The van der Waals surface area contributed by atoms with E-state index >= 15 is 0 Å². The average molecular weight is 409 g/mol. The quantitative estimate of drug-likeness (QED) is 0.682. The number of esters is 1. The molecule has 9 heteroatoms. The molecule has 2 aromatic carbocycles. The predicted octanol–water partition coefficient (Wildman–Crippen LogP) is 3.64. The van der Waals surface area contributed by atoms with Gasteiger partial charge in [-0.2, -0.15) is 13.2 Å². The van der Waals surface area contributed by atoms with Crippen LogP contribution in [0.5, 0.6) is 11.5 Å². The van der Waals surface area contributed by atoms with Crippen LogP contribution in [0.3, 0.4) is 0 Å². The Hall–Kier alpha value is -3.23. The molecule has 0 radical (unpaired) electrons. The fourth-order valence-corrected chi connectivity index (χ4v) is 2.84. The van der Waals surface area contributed by atoms with Gasteiger partial charge in [-0.1, -0.05) is 18.2 Å². The van der Waals surface area contributed by atoms with E-state index in [1.807, 2.05) is 0 Å². The molecule has 6 nitrogen and oxygen atoms in total. The Kier molecular flexibility index (Phi) is 5.95. The monoisotopic (exact) mass is 409 g/mol. The smallest absolute Gasteiger partial charge is 0.417 e. The van der Waals surface area contributed by atoms with Gasteiger partial charge in [-0.15, -0.1) is 0 Å². The molecule has 0 saturated carbocycles. The number of carbonyl (C=O) groups excluding carboxylic acids is 2. The van der Waals surface area contributed by atoms with Gasteiger partial charge in [-0.25, -0.2) is 4.79 Å². The van der Waals surface area contributed by atoms with E-state index in [0.717, 1.165) is 17.7 Å². The topological polar surface area (TPSA) is 65.1 Å². The first-order chi connectivity index (χ1) is 13.8. The second kappa shape index (κ2) is 8.42. The van der Waals surface area contributed by atoms with Gasteiger partial charge in [0, 0.05) is 13.1 Å². The molecule has 0 atom stereocenters. The Morgan fingerprint density at radius 2 is 1.83 bits per heavy atom. The van der Waals surface area contributed by atoms with Gasteiger partial charge in [0.1, 0.15) is 0 Å². The second-order valence-corrected chi connectivity index (χ2v) is 6.22. The van der Waals surface area contributed by atoms with Crippen molar-refractivity contribution in [1.29, 1.82) is 0 Å². The first-order valence-electron chi connectivity index (χ1n) is 8.79. The third kappa shape index (κ3) is 4.79. The number of likely N-dealkylation sites (N-methyl/N-ethyl adjacent to an activating group) is 1. The Bertz CT molecular complexity index is 913. The molecule has 0 N–H and O–H groups in total. The minimum absolute atomic E-state index is 0.130. The van der Waals surface area contributed by atoms with Crippen LogP contribution in [0, 0.1) is 0 Å². The Labute approximate surface area is 164 Å². The molecule has 1 aliphatic rings. The molecule has 0 aromatic heterocycles. The number of halogens is 3. The van der Waals surface area contributed by atoms with Crippen molar-refractivity contribution in [2.24, 2.45) is 0 Å². The normalized spacial score (nSPS) is 12.6. The molecule has 2 aromatic rings. The largest absolute Gasteiger partial charge is 0.454 e. The number of nitrogens with zero attached hydrogens (tertiary/aromatic N) is 1. The van der Waals surface area contributed by atoms with E-state index in [-0.39, 0.29) is 13.3 Å². The lowest BCUT2D eigenvalue weighted by atomic mass is 10.1. The number of benzene rings is 2. The summed E-state index contributed by atoms with van der Waals surface area (Å²) < 4.78 is 54.4. The van der Waals surface area contributed by atoms with Crippen LogP contribution in [-0.2, 0) is 22.3 Å². The number of fused-ring (bicyclic) bond motifs is 1. The highest BCUT2D eigenvalue weighted by atomic mass is 19.4.